The van der Waals surface area contributed by atoms with E-state index in [0.29, 0.717) is 30.7 Å². The molecule has 0 aliphatic carbocycles. The fourth-order valence-electron chi connectivity index (χ4n) is 3.63. The van der Waals surface area contributed by atoms with Gasteiger partial charge in [0.25, 0.3) is 0 Å². The van der Waals surface area contributed by atoms with Gasteiger partial charge in [-0.05, 0) is 78.0 Å². The first kappa shape index (κ1) is 30.3. The van der Waals surface area contributed by atoms with Gasteiger partial charge in [-0.15, -0.1) is 0 Å². The van der Waals surface area contributed by atoms with Gasteiger partial charge in [-0.1, -0.05) is 31.9 Å². The highest BCUT2D eigenvalue weighted by Crippen LogP contribution is 2.23. The lowest BCUT2D eigenvalue weighted by molar-refractivity contribution is 0.0567. The van der Waals surface area contributed by atoms with E-state index in [0.717, 1.165) is 29.7 Å². The van der Waals surface area contributed by atoms with Crippen molar-refractivity contribution < 1.29 is 19.1 Å². The molecule has 2 amide bonds. The number of amides is 2. The summed E-state index contributed by atoms with van der Waals surface area (Å²) in [4.78, 5) is 43.4. The van der Waals surface area contributed by atoms with Crippen LogP contribution in [0.3, 0.4) is 0 Å². The van der Waals surface area contributed by atoms with Crippen LogP contribution in [0.2, 0.25) is 0 Å². The quantitative estimate of drug-likeness (QED) is 0.326. The van der Waals surface area contributed by atoms with Crippen molar-refractivity contribution in [3.8, 4) is 23.1 Å². The van der Waals surface area contributed by atoms with Gasteiger partial charge in [-0.25, -0.2) is 29.4 Å². The summed E-state index contributed by atoms with van der Waals surface area (Å²) in [6.07, 6.45) is 3.92. The summed E-state index contributed by atoms with van der Waals surface area (Å²) in [6, 6.07) is 7.68. The van der Waals surface area contributed by atoms with Crippen molar-refractivity contribution in [1.82, 2.24) is 19.9 Å². The van der Waals surface area contributed by atoms with Crippen molar-refractivity contribution in [1.29, 1.82) is 0 Å². The Morgan fingerprint density at radius 1 is 0.775 bits per heavy atom. The number of hydrogen-bond donors (Lipinski definition) is 2. The molecule has 10 heteroatoms. The minimum absolute atomic E-state index is 0.397. The standard InChI is InChI=1S/C30H40N6O4/c1-9-17-35(27(37)39-29(3,4)5)25-31-19-23(33-25)16-13-21-11-14-22(15-12-21)24-20-32-26(34-24)36(18-10-2)28(38)40-30(6,7)8/h11-12,14-15,19-20H,9-10,17-18H2,1-8H3,(H,31,33)(H,32,34). The zero-order valence-electron chi connectivity index (χ0n) is 24.7. The number of hydrogen-bond acceptors (Lipinski definition) is 6. The third-order valence-electron chi connectivity index (χ3n) is 5.30. The number of ether oxygens (including phenoxy) is 2. The van der Waals surface area contributed by atoms with Crippen LogP contribution in [-0.4, -0.2) is 56.4 Å². The number of benzene rings is 1. The van der Waals surface area contributed by atoms with E-state index in [4.69, 9.17) is 9.47 Å². The molecule has 0 radical (unpaired) electrons. The smallest absolute Gasteiger partial charge is 0.417 e. The minimum atomic E-state index is -0.602. The zero-order valence-corrected chi connectivity index (χ0v) is 24.7. The summed E-state index contributed by atoms with van der Waals surface area (Å²) in [7, 11) is 0. The van der Waals surface area contributed by atoms with Gasteiger partial charge in [0.15, 0.2) is 0 Å². The maximum Gasteiger partial charge on any atom is 0.417 e. The van der Waals surface area contributed by atoms with Crippen LogP contribution in [0.4, 0.5) is 21.5 Å². The zero-order chi connectivity index (χ0) is 29.5. The second-order valence-electron chi connectivity index (χ2n) is 11.3. The minimum Gasteiger partial charge on any atom is -0.443 e. The van der Waals surface area contributed by atoms with E-state index in [9.17, 15) is 9.59 Å². The maximum absolute atomic E-state index is 12.7. The number of aromatic nitrogens is 4. The first-order valence-corrected chi connectivity index (χ1v) is 13.5. The molecule has 10 nitrogen and oxygen atoms in total. The van der Waals surface area contributed by atoms with Gasteiger partial charge in [0, 0.05) is 18.7 Å². The molecule has 0 saturated heterocycles. The van der Waals surface area contributed by atoms with Gasteiger partial charge >= 0.3 is 12.2 Å². The molecule has 0 spiro atoms. The van der Waals surface area contributed by atoms with Crippen LogP contribution in [0, 0.1) is 11.8 Å². The van der Waals surface area contributed by atoms with Gasteiger partial charge in [0.2, 0.25) is 11.9 Å². The van der Waals surface area contributed by atoms with Crippen molar-refractivity contribution in [3.05, 3.63) is 47.9 Å². The number of nitrogens with zero attached hydrogens (tertiary/aromatic N) is 4. The average molecular weight is 549 g/mol. The summed E-state index contributed by atoms with van der Waals surface area (Å²) < 4.78 is 11.0. The van der Waals surface area contributed by atoms with Crippen molar-refractivity contribution in [3.63, 3.8) is 0 Å². The molecule has 0 fully saturated rings. The van der Waals surface area contributed by atoms with E-state index < -0.39 is 23.4 Å². The molecule has 3 aromatic rings. The fraction of sp³-hybridized carbons (Fsp3) is 0.467. The monoisotopic (exact) mass is 548 g/mol. The molecule has 2 heterocycles. The first-order chi connectivity index (χ1) is 18.8. The third kappa shape index (κ3) is 8.63. The molecule has 0 aliphatic rings. The molecule has 2 aromatic heterocycles. The first-order valence-electron chi connectivity index (χ1n) is 13.5. The lowest BCUT2D eigenvalue weighted by Gasteiger charge is -2.25. The summed E-state index contributed by atoms with van der Waals surface area (Å²) in [6.45, 7) is 15.9. The van der Waals surface area contributed by atoms with Crippen LogP contribution in [0.25, 0.3) is 11.3 Å². The van der Waals surface area contributed by atoms with E-state index >= 15 is 0 Å². The SMILES string of the molecule is CCCN(C(=O)OC(C)(C)C)c1ncc(C#Cc2ccc(-c3cnc(N(CCC)C(=O)OC(C)(C)C)[nH]3)cc2)[nH]1. The van der Waals surface area contributed by atoms with Crippen LogP contribution in [0.1, 0.15) is 79.5 Å². The van der Waals surface area contributed by atoms with Crippen LogP contribution in [-0.2, 0) is 9.47 Å². The lowest BCUT2D eigenvalue weighted by atomic mass is 10.1. The van der Waals surface area contributed by atoms with Crippen molar-refractivity contribution in [2.75, 3.05) is 22.9 Å². The second-order valence-corrected chi connectivity index (χ2v) is 11.3. The molecule has 2 N–H and O–H groups in total. The predicted molar refractivity (Wildman–Crippen MR) is 156 cm³/mol. The Kier molecular flexibility index (Phi) is 9.64. The lowest BCUT2D eigenvalue weighted by Crippen LogP contribution is -2.38. The summed E-state index contributed by atoms with van der Waals surface area (Å²) in [5.41, 5.74) is 1.87. The summed E-state index contributed by atoms with van der Waals surface area (Å²) in [5, 5.41) is 0. The van der Waals surface area contributed by atoms with E-state index in [1.807, 2.05) is 79.7 Å². The van der Waals surface area contributed by atoms with Crippen LogP contribution >= 0.6 is 0 Å². The molecule has 0 aliphatic heterocycles. The largest absolute Gasteiger partial charge is 0.443 e. The highest BCUT2D eigenvalue weighted by Gasteiger charge is 2.26. The highest BCUT2D eigenvalue weighted by atomic mass is 16.6. The second kappa shape index (κ2) is 12.7. The Bertz CT molecular complexity index is 1350. The Balaban J connectivity index is 1.72. The number of nitrogens with one attached hydrogen (secondary N) is 2. The van der Waals surface area contributed by atoms with Crippen molar-refractivity contribution in [2.24, 2.45) is 0 Å². The van der Waals surface area contributed by atoms with E-state index in [1.54, 1.807) is 12.4 Å². The van der Waals surface area contributed by atoms with E-state index in [2.05, 4.69) is 31.8 Å². The molecule has 3 rings (SSSR count). The topological polar surface area (TPSA) is 116 Å². The van der Waals surface area contributed by atoms with Gasteiger partial charge < -0.3 is 19.4 Å². The number of rotatable bonds is 7. The highest BCUT2D eigenvalue weighted by molar-refractivity contribution is 5.86. The molecule has 0 unspecified atom stereocenters. The van der Waals surface area contributed by atoms with Gasteiger partial charge in [0.05, 0.1) is 18.1 Å². The molecular formula is C30H40N6O4. The van der Waals surface area contributed by atoms with Gasteiger partial charge in [-0.3, -0.25) is 0 Å². The summed E-state index contributed by atoms with van der Waals surface area (Å²) in [5.74, 6) is 7.02. The Morgan fingerprint density at radius 3 is 1.77 bits per heavy atom. The summed E-state index contributed by atoms with van der Waals surface area (Å²) >= 11 is 0. The Labute approximate surface area is 236 Å². The molecule has 0 bridgehead atoms. The number of anilines is 2. The number of carbonyl (C=O) groups excluding carboxylic acids is 2. The van der Waals surface area contributed by atoms with Gasteiger partial charge in [0.1, 0.15) is 16.9 Å². The molecular weight excluding hydrogens is 508 g/mol. The number of aromatic amines is 2. The molecule has 214 valence electrons. The number of H-pyrrole nitrogens is 2. The molecule has 40 heavy (non-hydrogen) atoms. The third-order valence-corrected chi connectivity index (χ3v) is 5.30. The van der Waals surface area contributed by atoms with E-state index in [-0.39, 0.29) is 0 Å². The van der Waals surface area contributed by atoms with Crippen LogP contribution < -0.4 is 9.80 Å². The van der Waals surface area contributed by atoms with Gasteiger partial charge in [-0.2, -0.15) is 0 Å². The van der Waals surface area contributed by atoms with Crippen LogP contribution in [0.15, 0.2) is 36.7 Å². The normalized spacial score (nSPS) is 11.4. The number of imidazole rings is 2. The predicted octanol–water partition coefficient (Wildman–Crippen LogP) is 6.50. The molecule has 0 saturated carbocycles. The van der Waals surface area contributed by atoms with Crippen LogP contribution in [0.5, 0.6) is 0 Å². The Hall–Kier alpha value is -4.26. The van der Waals surface area contributed by atoms with Crippen molar-refractivity contribution >= 4 is 24.1 Å². The van der Waals surface area contributed by atoms with Crippen molar-refractivity contribution in [2.45, 2.75) is 79.4 Å². The maximum atomic E-state index is 12.7. The average Bonchev–Trinajstić information content (AvgIpc) is 3.53. The number of carbonyl (C=O) groups is 2. The molecule has 0 atom stereocenters. The Morgan fingerprint density at radius 2 is 1.27 bits per heavy atom. The van der Waals surface area contributed by atoms with E-state index in [1.165, 1.54) is 9.80 Å². The fourth-order valence-corrected chi connectivity index (χ4v) is 3.63. The molecule has 1 aromatic carbocycles.